The van der Waals surface area contributed by atoms with E-state index >= 15 is 0 Å². The lowest BCUT2D eigenvalue weighted by Gasteiger charge is -2.46. The quantitative estimate of drug-likeness (QED) is 0.840. The second-order valence-corrected chi connectivity index (χ2v) is 6.05. The van der Waals surface area contributed by atoms with Crippen LogP contribution in [0.15, 0.2) is 85.0 Å². The molecule has 1 atom stereocenters. The van der Waals surface area contributed by atoms with Crippen molar-refractivity contribution in [2.75, 3.05) is 7.11 Å². The predicted molar refractivity (Wildman–Crippen MR) is 96.2 cm³/mol. The minimum atomic E-state index is -0.934. The summed E-state index contributed by atoms with van der Waals surface area (Å²) in [6.07, 6.45) is 8.02. The zero-order valence-corrected chi connectivity index (χ0v) is 13.5. The van der Waals surface area contributed by atoms with Crippen LogP contribution in [0, 0.1) is 5.92 Å². The molecule has 2 aromatic carbocycles. The molecule has 2 nitrogen and oxygen atoms in total. The maximum Gasteiger partial charge on any atom is 0.201 e. The Bertz CT molecular complexity index is 847. The molecule has 24 heavy (non-hydrogen) atoms. The molecule has 118 valence electrons. The summed E-state index contributed by atoms with van der Waals surface area (Å²) in [7, 11) is 1.63. The van der Waals surface area contributed by atoms with Crippen molar-refractivity contribution in [1.82, 2.24) is 0 Å². The Hall–Kier alpha value is -2.71. The minimum Gasteiger partial charge on any atom is -0.364 e. The molecule has 0 aromatic heterocycles. The van der Waals surface area contributed by atoms with E-state index in [2.05, 4.69) is 0 Å². The normalized spacial score (nSPS) is 23.0. The molecule has 0 spiro atoms. The summed E-state index contributed by atoms with van der Waals surface area (Å²) in [6.45, 7) is 0. The van der Waals surface area contributed by atoms with Gasteiger partial charge in [0.2, 0.25) is 5.78 Å². The van der Waals surface area contributed by atoms with E-state index in [0.717, 1.165) is 22.3 Å². The topological polar surface area (TPSA) is 26.3 Å². The molecule has 2 heteroatoms. The van der Waals surface area contributed by atoms with Gasteiger partial charge in [-0.1, -0.05) is 85.0 Å². The third-order valence-electron chi connectivity index (χ3n) is 4.85. The smallest absolute Gasteiger partial charge is 0.201 e. The zero-order chi connectivity index (χ0) is 16.6. The minimum absolute atomic E-state index is 0.0521. The van der Waals surface area contributed by atoms with E-state index in [1.165, 1.54) is 0 Å². The van der Waals surface area contributed by atoms with E-state index in [9.17, 15) is 4.79 Å². The van der Waals surface area contributed by atoms with Gasteiger partial charge in [0.25, 0.3) is 0 Å². The molecule has 0 saturated carbocycles. The van der Waals surface area contributed by atoms with E-state index in [-0.39, 0.29) is 11.7 Å². The van der Waals surface area contributed by atoms with Crippen molar-refractivity contribution >= 4 is 16.9 Å². The van der Waals surface area contributed by atoms with Gasteiger partial charge in [-0.3, -0.25) is 4.79 Å². The fourth-order valence-electron chi connectivity index (χ4n) is 3.73. The van der Waals surface area contributed by atoms with Gasteiger partial charge in [-0.05, 0) is 11.1 Å². The summed E-state index contributed by atoms with van der Waals surface area (Å²) in [5, 5.41) is 0. The lowest BCUT2D eigenvalue weighted by atomic mass is 9.61. The van der Waals surface area contributed by atoms with Crippen molar-refractivity contribution in [2.45, 2.75) is 5.60 Å². The average Bonchev–Trinajstić information content (AvgIpc) is 3.17. The van der Waals surface area contributed by atoms with Crippen LogP contribution in [-0.2, 0) is 9.53 Å². The van der Waals surface area contributed by atoms with Crippen LogP contribution in [0.5, 0.6) is 0 Å². The number of hydrogen-bond acceptors (Lipinski definition) is 2. The van der Waals surface area contributed by atoms with E-state index < -0.39 is 5.60 Å². The first-order valence-corrected chi connectivity index (χ1v) is 8.09. The van der Waals surface area contributed by atoms with Crippen LogP contribution < -0.4 is 0 Å². The van der Waals surface area contributed by atoms with Crippen molar-refractivity contribution in [3.05, 3.63) is 96.1 Å². The molecule has 0 aliphatic heterocycles. The van der Waals surface area contributed by atoms with Crippen LogP contribution in [-0.4, -0.2) is 18.5 Å². The van der Waals surface area contributed by atoms with Crippen molar-refractivity contribution in [1.29, 1.82) is 0 Å². The molecule has 2 aliphatic rings. The molecule has 4 rings (SSSR count). The highest BCUT2D eigenvalue weighted by Crippen LogP contribution is 2.53. The summed E-state index contributed by atoms with van der Waals surface area (Å²) < 4.78 is 5.88. The third kappa shape index (κ3) is 1.97. The number of allylic oxidation sites excluding steroid dienone is 2. The number of benzene rings is 2. The molecule has 0 fully saturated rings. The Morgan fingerprint density at radius 1 is 0.833 bits per heavy atom. The molecular weight excluding hydrogens is 296 g/mol. The molecule has 1 unspecified atom stereocenters. The number of carbonyl (C=O) groups excluding carboxylic acids is 1. The number of ether oxygens (including phenoxy) is 1. The number of carbonyl (C=O) groups is 1. The van der Waals surface area contributed by atoms with Crippen LogP contribution in [0.1, 0.15) is 11.1 Å². The number of Topliss-reactive ketones (excluding diaryl/α,β-unsaturated/α-hetero) is 1. The van der Waals surface area contributed by atoms with E-state index in [1.54, 1.807) is 7.11 Å². The second kappa shape index (κ2) is 5.73. The maximum atomic E-state index is 13.2. The molecule has 0 heterocycles. The second-order valence-electron chi connectivity index (χ2n) is 6.05. The van der Waals surface area contributed by atoms with Gasteiger partial charge in [0, 0.05) is 24.2 Å². The van der Waals surface area contributed by atoms with Gasteiger partial charge >= 0.3 is 0 Å². The Morgan fingerprint density at radius 2 is 1.38 bits per heavy atom. The van der Waals surface area contributed by atoms with Gasteiger partial charge in [0.15, 0.2) is 5.60 Å². The number of rotatable bonds is 4. The first-order valence-electron chi connectivity index (χ1n) is 8.09. The van der Waals surface area contributed by atoms with Gasteiger partial charge < -0.3 is 4.74 Å². The Morgan fingerprint density at radius 3 is 1.92 bits per heavy atom. The molecular formula is C22H18O2. The molecule has 0 N–H and O–H groups in total. The van der Waals surface area contributed by atoms with Crippen LogP contribution in [0.3, 0.4) is 0 Å². The third-order valence-corrected chi connectivity index (χ3v) is 4.85. The molecule has 0 bridgehead atoms. The Balaban J connectivity index is 1.97. The molecule has 2 aliphatic carbocycles. The SMILES string of the molecule is COC1(C2C=CC=C2)C(=O)C(c2ccccc2)=C1c1ccccc1. The fraction of sp³-hybridized carbons (Fsp3) is 0.136. The molecule has 0 radical (unpaired) electrons. The highest BCUT2D eigenvalue weighted by Gasteiger charge is 2.58. The summed E-state index contributed by atoms with van der Waals surface area (Å²) in [4.78, 5) is 13.2. The Labute approximate surface area is 141 Å². The highest BCUT2D eigenvalue weighted by molar-refractivity contribution is 6.44. The molecule has 2 aromatic rings. The van der Waals surface area contributed by atoms with E-state index in [1.807, 2.05) is 85.0 Å². The average molecular weight is 314 g/mol. The number of methoxy groups -OCH3 is 1. The number of ketones is 1. The largest absolute Gasteiger partial charge is 0.364 e. The summed E-state index contributed by atoms with van der Waals surface area (Å²) >= 11 is 0. The van der Waals surface area contributed by atoms with Gasteiger partial charge in [0.05, 0.1) is 0 Å². The molecule has 0 amide bonds. The van der Waals surface area contributed by atoms with Crippen molar-refractivity contribution in [2.24, 2.45) is 5.92 Å². The highest BCUT2D eigenvalue weighted by atomic mass is 16.5. The predicted octanol–water partition coefficient (Wildman–Crippen LogP) is 4.31. The van der Waals surface area contributed by atoms with Crippen LogP contribution in [0.2, 0.25) is 0 Å². The van der Waals surface area contributed by atoms with Gasteiger partial charge in [-0.25, -0.2) is 0 Å². The first kappa shape index (κ1) is 14.9. The monoisotopic (exact) mass is 314 g/mol. The lowest BCUT2D eigenvalue weighted by molar-refractivity contribution is -0.133. The standard InChI is InChI=1S/C22H18O2/c1-24-22(18-14-8-9-15-18)20(17-12-6-3-7-13-17)19(21(22)23)16-10-4-2-5-11-16/h2-15,18H,1H3. The summed E-state index contributed by atoms with van der Waals surface area (Å²) in [5.74, 6) is -0.0195. The van der Waals surface area contributed by atoms with E-state index in [0.29, 0.717) is 0 Å². The van der Waals surface area contributed by atoms with E-state index in [4.69, 9.17) is 4.74 Å². The van der Waals surface area contributed by atoms with Crippen molar-refractivity contribution in [3.8, 4) is 0 Å². The lowest BCUT2D eigenvalue weighted by Crippen LogP contribution is -2.55. The van der Waals surface area contributed by atoms with Crippen molar-refractivity contribution in [3.63, 3.8) is 0 Å². The fourth-order valence-corrected chi connectivity index (χ4v) is 3.73. The summed E-state index contributed by atoms with van der Waals surface area (Å²) in [5.41, 5.74) is 2.78. The van der Waals surface area contributed by atoms with Crippen molar-refractivity contribution < 1.29 is 9.53 Å². The van der Waals surface area contributed by atoms with Gasteiger partial charge in [-0.15, -0.1) is 0 Å². The van der Waals surface area contributed by atoms with Crippen LogP contribution >= 0.6 is 0 Å². The summed E-state index contributed by atoms with van der Waals surface area (Å²) in [6, 6.07) is 19.9. The molecule has 0 saturated heterocycles. The van der Waals surface area contributed by atoms with Gasteiger partial charge in [0.1, 0.15) is 0 Å². The zero-order valence-electron chi connectivity index (χ0n) is 13.5. The maximum absolute atomic E-state index is 13.2. The number of hydrogen-bond donors (Lipinski definition) is 0. The van der Waals surface area contributed by atoms with Crippen LogP contribution in [0.25, 0.3) is 11.1 Å². The van der Waals surface area contributed by atoms with Gasteiger partial charge in [-0.2, -0.15) is 0 Å². The first-order chi connectivity index (χ1) is 11.8. The van der Waals surface area contributed by atoms with Crippen LogP contribution in [0.4, 0.5) is 0 Å². The Kier molecular flexibility index (Phi) is 3.55.